The molecule has 7 atom stereocenters. The summed E-state index contributed by atoms with van der Waals surface area (Å²) < 4.78 is 20.9. The number of hydrogen-bond donors (Lipinski definition) is 6. The Morgan fingerprint density at radius 2 is 1.67 bits per heavy atom. The van der Waals surface area contributed by atoms with Crippen LogP contribution < -0.4 is 9.47 Å². The molecule has 1 aliphatic heterocycles. The summed E-state index contributed by atoms with van der Waals surface area (Å²) in [7, 11) is 2.90. The second kappa shape index (κ2) is 9.62. The van der Waals surface area contributed by atoms with Gasteiger partial charge in [0.1, 0.15) is 36.6 Å². The van der Waals surface area contributed by atoms with Crippen molar-refractivity contribution in [2.75, 3.05) is 27.4 Å². The molecule has 0 amide bonds. The topological polar surface area (TPSA) is 158 Å². The molecular weight excluding hydrogens is 364 g/mol. The van der Waals surface area contributed by atoms with Gasteiger partial charge in [-0.2, -0.15) is 0 Å². The zero-order valence-electron chi connectivity index (χ0n) is 15.0. The minimum absolute atomic E-state index is 0.344. The van der Waals surface area contributed by atoms with Gasteiger partial charge in [0.15, 0.2) is 17.8 Å². The molecule has 0 bridgehead atoms. The highest BCUT2D eigenvalue weighted by atomic mass is 16.7. The Balaban J connectivity index is 2.16. The highest BCUT2D eigenvalue weighted by Crippen LogP contribution is 2.32. The van der Waals surface area contributed by atoms with E-state index in [1.54, 1.807) is 12.1 Å². The molecule has 10 nitrogen and oxygen atoms in total. The molecule has 1 saturated heterocycles. The zero-order valence-corrected chi connectivity index (χ0v) is 15.0. The van der Waals surface area contributed by atoms with Crippen LogP contribution in [0.1, 0.15) is 11.7 Å². The fourth-order valence-electron chi connectivity index (χ4n) is 2.82. The Hall–Kier alpha value is -1.50. The predicted octanol–water partition coefficient (Wildman–Crippen LogP) is -2.09. The Kier molecular flexibility index (Phi) is 7.77. The quantitative estimate of drug-likeness (QED) is 0.291. The summed E-state index contributed by atoms with van der Waals surface area (Å²) in [4.78, 5) is 0. The Morgan fingerprint density at radius 3 is 2.22 bits per heavy atom. The largest absolute Gasteiger partial charge is 0.493 e. The molecule has 0 aromatic heterocycles. The highest BCUT2D eigenvalue weighted by Gasteiger charge is 2.45. The number of aliphatic hydroxyl groups excluding tert-OH is 6. The fraction of sp³-hybridized carbons (Fsp3) is 0.647. The number of rotatable bonds is 8. The number of ether oxygens (including phenoxy) is 4. The summed E-state index contributed by atoms with van der Waals surface area (Å²) in [6.45, 7) is -1.25. The lowest BCUT2D eigenvalue weighted by Gasteiger charge is -2.41. The van der Waals surface area contributed by atoms with Crippen LogP contribution in [0.25, 0.3) is 0 Å². The number of benzene rings is 1. The van der Waals surface area contributed by atoms with Crippen LogP contribution in [-0.4, -0.2) is 94.9 Å². The third kappa shape index (κ3) is 4.68. The van der Waals surface area contributed by atoms with E-state index in [1.165, 1.54) is 20.3 Å². The summed E-state index contributed by atoms with van der Waals surface area (Å²) in [5.41, 5.74) is 0.344. The van der Waals surface area contributed by atoms with Crippen LogP contribution in [-0.2, 0) is 9.47 Å². The van der Waals surface area contributed by atoms with Crippen molar-refractivity contribution in [3.63, 3.8) is 0 Å². The van der Waals surface area contributed by atoms with Gasteiger partial charge < -0.3 is 49.6 Å². The summed E-state index contributed by atoms with van der Waals surface area (Å²) in [5, 5.41) is 59.0. The van der Waals surface area contributed by atoms with Crippen molar-refractivity contribution in [1.29, 1.82) is 0 Å². The van der Waals surface area contributed by atoms with E-state index in [-0.39, 0.29) is 0 Å². The van der Waals surface area contributed by atoms with E-state index in [1.807, 2.05) is 0 Å². The Morgan fingerprint density at radius 1 is 1.00 bits per heavy atom. The SMILES string of the molecule is COc1ccc([C@@H](O)[C@H](CO)O[C@H]2O[C@H](CO)[C@@H](O)[C@H](O)[C@@H]2O)cc1OC. The maximum Gasteiger partial charge on any atom is 0.187 e. The molecule has 0 saturated carbocycles. The van der Waals surface area contributed by atoms with Gasteiger partial charge in [-0.3, -0.25) is 0 Å². The molecule has 1 fully saturated rings. The number of aliphatic hydroxyl groups is 6. The molecule has 10 heteroatoms. The molecule has 2 rings (SSSR count). The fourth-order valence-corrected chi connectivity index (χ4v) is 2.82. The van der Waals surface area contributed by atoms with Gasteiger partial charge in [0.05, 0.1) is 27.4 Å². The maximum absolute atomic E-state index is 10.5. The molecule has 6 N–H and O–H groups in total. The average molecular weight is 390 g/mol. The van der Waals surface area contributed by atoms with E-state index in [0.29, 0.717) is 17.1 Å². The van der Waals surface area contributed by atoms with Gasteiger partial charge in [-0.1, -0.05) is 6.07 Å². The molecule has 0 radical (unpaired) electrons. The monoisotopic (exact) mass is 390 g/mol. The molecule has 0 aliphatic carbocycles. The molecule has 1 aromatic rings. The molecule has 154 valence electrons. The van der Waals surface area contributed by atoms with Gasteiger partial charge in [-0.05, 0) is 17.7 Å². The molecule has 1 aliphatic rings. The van der Waals surface area contributed by atoms with Crippen molar-refractivity contribution in [3.8, 4) is 11.5 Å². The lowest BCUT2D eigenvalue weighted by Crippen LogP contribution is -2.60. The van der Waals surface area contributed by atoms with Crippen molar-refractivity contribution in [2.45, 2.75) is 42.9 Å². The van der Waals surface area contributed by atoms with Crippen LogP contribution in [0, 0.1) is 0 Å². The van der Waals surface area contributed by atoms with Gasteiger partial charge in [0.2, 0.25) is 0 Å². The Labute approximate surface area is 156 Å². The minimum Gasteiger partial charge on any atom is -0.493 e. The molecule has 0 unspecified atom stereocenters. The molecule has 1 aromatic carbocycles. The summed E-state index contributed by atoms with van der Waals surface area (Å²) in [5.74, 6) is 0.808. The van der Waals surface area contributed by atoms with Crippen LogP contribution in [0.15, 0.2) is 18.2 Å². The van der Waals surface area contributed by atoms with Crippen LogP contribution in [0.4, 0.5) is 0 Å². The number of hydrogen-bond acceptors (Lipinski definition) is 10. The first-order valence-corrected chi connectivity index (χ1v) is 8.34. The first-order chi connectivity index (χ1) is 12.9. The molecule has 1 heterocycles. The highest BCUT2D eigenvalue weighted by molar-refractivity contribution is 5.43. The first kappa shape index (κ1) is 21.8. The van der Waals surface area contributed by atoms with E-state index < -0.39 is 56.1 Å². The van der Waals surface area contributed by atoms with Crippen LogP contribution in [0.2, 0.25) is 0 Å². The normalized spacial score (nSPS) is 30.6. The zero-order chi connectivity index (χ0) is 20.1. The second-order valence-corrected chi connectivity index (χ2v) is 6.11. The summed E-state index contributed by atoms with van der Waals surface area (Å²) in [6, 6.07) is 4.62. The van der Waals surface area contributed by atoms with Crippen molar-refractivity contribution < 1.29 is 49.6 Å². The van der Waals surface area contributed by atoms with Crippen molar-refractivity contribution >= 4 is 0 Å². The van der Waals surface area contributed by atoms with Crippen LogP contribution in [0.5, 0.6) is 11.5 Å². The van der Waals surface area contributed by atoms with Gasteiger partial charge >= 0.3 is 0 Å². The summed E-state index contributed by atoms with van der Waals surface area (Å²) >= 11 is 0. The third-order valence-electron chi connectivity index (χ3n) is 4.44. The van der Waals surface area contributed by atoms with Gasteiger partial charge in [-0.25, -0.2) is 0 Å². The predicted molar refractivity (Wildman–Crippen MR) is 90.2 cm³/mol. The van der Waals surface area contributed by atoms with Gasteiger partial charge in [-0.15, -0.1) is 0 Å². The lowest BCUT2D eigenvalue weighted by atomic mass is 9.99. The van der Waals surface area contributed by atoms with Crippen LogP contribution in [0.3, 0.4) is 0 Å². The summed E-state index contributed by atoms with van der Waals surface area (Å²) in [6.07, 6.45) is -10.0. The average Bonchev–Trinajstić information content (AvgIpc) is 2.70. The van der Waals surface area contributed by atoms with Gasteiger partial charge in [0, 0.05) is 0 Å². The third-order valence-corrected chi connectivity index (χ3v) is 4.44. The standard InChI is InChI=1S/C17H26O10/c1-24-9-4-3-8(5-10(9)25-2)13(20)11(6-18)26-17-16(23)15(22)14(21)12(7-19)27-17/h3-5,11-23H,6-7H2,1-2H3/t11-,12+,13+,14+,15-,16-,17-/m0/s1. The number of methoxy groups -OCH3 is 2. The smallest absolute Gasteiger partial charge is 0.187 e. The van der Waals surface area contributed by atoms with E-state index in [9.17, 15) is 30.6 Å². The van der Waals surface area contributed by atoms with E-state index >= 15 is 0 Å². The maximum atomic E-state index is 10.5. The molecule has 0 spiro atoms. The molecule has 27 heavy (non-hydrogen) atoms. The van der Waals surface area contributed by atoms with E-state index in [4.69, 9.17) is 18.9 Å². The molecular formula is C17H26O10. The van der Waals surface area contributed by atoms with Crippen molar-refractivity contribution in [2.24, 2.45) is 0 Å². The van der Waals surface area contributed by atoms with E-state index in [2.05, 4.69) is 0 Å². The van der Waals surface area contributed by atoms with Crippen LogP contribution >= 0.6 is 0 Å². The lowest BCUT2D eigenvalue weighted by molar-refractivity contribution is -0.319. The first-order valence-electron chi connectivity index (χ1n) is 8.34. The van der Waals surface area contributed by atoms with Crippen molar-refractivity contribution in [1.82, 2.24) is 0 Å². The minimum atomic E-state index is -1.64. The van der Waals surface area contributed by atoms with Crippen molar-refractivity contribution in [3.05, 3.63) is 23.8 Å². The second-order valence-electron chi connectivity index (χ2n) is 6.11. The Bertz CT molecular complexity index is 595. The van der Waals surface area contributed by atoms with E-state index in [0.717, 1.165) is 0 Å². The van der Waals surface area contributed by atoms with Gasteiger partial charge in [0.25, 0.3) is 0 Å².